The van der Waals surface area contributed by atoms with Crippen LogP contribution in [0.25, 0.3) is 5.69 Å². The highest BCUT2D eigenvalue weighted by Gasteiger charge is 2.13. The van der Waals surface area contributed by atoms with Crippen molar-refractivity contribution in [3.8, 4) is 5.69 Å². The average molecular weight is 378 g/mol. The summed E-state index contributed by atoms with van der Waals surface area (Å²) < 4.78 is 1.57. The molecule has 3 rings (SSSR count). The topological polar surface area (TPSA) is 101 Å². The van der Waals surface area contributed by atoms with E-state index in [1.165, 1.54) is 6.21 Å². The van der Waals surface area contributed by atoms with Gasteiger partial charge in [0.15, 0.2) is 0 Å². The molecule has 2 heterocycles. The number of H-pyrrole nitrogens is 1. The number of rotatable bonds is 4. The largest absolute Gasteiger partial charge is 0.288 e. The number of halogens is 2. The monoisotopic (exact) mass is 377 g/mol. The lowest BCUT2D eigenvalue weighted by atomic mass is 10.3. The second-order valence-electron chi connectivity index (χ2n) is 5.14. The highest BCUT2D eigenvalue weighted by molar-refractivity contribution is 6.32. The first-order chi connectivity index (χ1) is 12.0. The maximum atomic E-state index is 11.5. The van der Waals surface area contributed by atoms with Gasteiger partial charge in [-0.3, -0.25) is 9.78 Å². The smallest absolute Gasteiger partial charge is 0.274 e. The number of hydrogen-bond donors (Lipinski definition) is 2. The van der Waals surface area contributed by atoms with Gasteiger partial charge in [-0.25, -0.2) is 10.1 Å². The summed E-state index contributed by atoms with van der Waals surface area (Å²) in [5, 5.41) is 16.9. The highest BCUT2D eigenvalue weighted by Crippen LogP contribution is 2.23. The Balaban J connectivity index is 1.85. The van der Waals surface area contributed by atoms with Gasteiger partial charge < -0.3 is 0 Å². The fourth-order valence-electron chi connectivity index (χ4n) is 2.04. The van der Waals surface area contributed by atoms with Crippen molar-refractivity contribution in [1.82, 2.24) is 25.0 Å². The summed E-state index contributed by atoms with van der Waals surface area (Å²) >= 11 is 12.4. The van der Waals surface area contributed by atoms with Gasteiger partial charge in [-0.2, -0.15) is 10.2 Å². The average Bonchev–Trinajstić information content (AvgIpc) is 2.86. The lowest BCUT2D eigenvalue weighted by Gasteiger charge is -2.03. The molecule has 1 aromatic carbocycles. The molecule has 0 amide bonds. The lowest BCUT2D eigenvalue weighted by Crippen LogP contribution is -2.15. The van der Waals surface area contributed by atoms with E-state index in [1.807, 2.05) is 19.1 Å². The van der Waals surface area contributed by atoms with Gasteiger partial charge in [0, 0.05) is 5.02 Å². The van der Waals surface area contributed by atoms with Crippen LogP contribution in [0.3, 0.4) is 0 Å². The van der Waals surface area contributed by atoms with Gasteiger partial charge in [0.05, 0.1) is 23.2 Å². The van der Waals surface area contributed by atoms with E-state index < -0.39 is 0 Å². The summed E-state index contributed by atoms with van der Waals surface area (Å²) in [6.45, 7) is 3.37. The van der Waals surface area contributed by atoms with Gasteiger partial charge in [0.25, 0.3) is 5.56 Å². The molecular formula is C15H13Cl2N7O. The Bertz CT molecular complexity index is 1010. The van der Waals surface area contributed by atoms with E-state index in [2.05, 4.69) is 30.8 Å². The van der Waals surface area contributed by atoms with Crippen LogP contribution in [-0.4, -0.2) is 31.2 Å². The number of hydrogen-bond acceptors (Lipinski definition) is 6. The van der Waals surface area contributed by atoms with Crippen LogP contribution < -0.4 is 11.0 Å². The van der Waals surface area contributed by atoms with Gasteiger partial charge >= 0.3 is 0 Å². The zero-order valence-electron chi connectivity index (χ0n) is 13.3. The van der Waals surface area contributed by atoms with E-state index >= 15 is 0 Å². The van der Waals surface area contributed by atoms with Crippen LogP contribution >= 0.6 is 23.2 Å². The van der Waals surface area contributed by atoms with Gasteiger partial charge in [-0.15, -0.1) is 10.2 Å². The van der Waals surface area contributed by atoms with Crippen molar-refractivity contribution in [2.24, 2.45) is 5.10 Å². The number of hydrazone groups is 1. The number of aromatic nitrogens is 5. The van der Waals surface area contributed by atoms with Crippen LogP contribution in [0.5, 0.6) is 0 Å². The molecule has 2 N–H and O–H groups in total. The second-order valence-corrected chi connectivity index (χ2v) is 5.93. The van der Waals surface area contributed by atoms with Crippen molar-refractivity contribution >= 4 is 35.4 Å². The molecule has 0 aliphatic carbocycles. The van der Waals surface area contributed by atoms with E-state index in [0.29, 0.717) is 21.4 Å². The zero-order chi connectivity index (χ0) is 18.0. The summed E-state index contributed by atoms with van der Waals surface area (Å²) in [7, 11) is 0. The summed E-state index contributed by atoms with van der Waals surface area (Å²) in [5.74, 6) is 0.128. The predicted molar refractivity (Wildman–Crippen MR) is 96.9 cm³/mol. The van der Waals surface area contributed by atoms with Crippen molar-refractivity contribution in [2.45, 2.75) is 13.8 Å². The minimum atomic E-state index is -0.337. The van der Waals surface area contributed by atoms with Crippen molar-refractivity contribution in [3.63, 3.8) is 0 Å². The second kappa shape index (κ2) is 7.04. The van der Waals surface area contributed by atoms with Crippen LogP contribution in [-0.2, 0) is 0 Å². The van der Waals surface area contributed by atoms with Gasteiger partial charge in [-0.1, -0.05) is 29.3 Å². The fourth-order valence-corrected chi connectivity index (χ4v) is 2.54. The molecular weight excluding hydrogens is 365 g/mol. The lowest BCUT2D eigenvalue weighted by molar-refractivity contribution is 0.863. The van der Waals surface area contributed by atoms with E-state index in [4.69, 9.17) is 23.2 Å². The Morgan fingerprint density at radius 2 is 2.04 bits per heavy atom. The molecule has 8 nitrogen and oxygen atoms in total. The van der Waals surface area contributed by atoms with Crippen molar-refractivity contribution < 1.29 is 0 Å². The molecule has 2 aromatic heterocycles. The number of aromatic amines is 1. The third-order valence-corrected chi connectivity index (χ3v) is 3.92. The molecule has 0 spiro atoms. The molecule has 0 radical (unpaired) electrons. The molecule has 0 saturated heterocycles. The summed E-state index contributed by atoms with van der Waals surface area (Å²) in [4.78, 5) is 14.0. The molecule has 128 valence electrons. The molecule has 10 heteroatoms. The molecule has 3 aromatic rings. The number of nitrogens with zero attached hydrogens (tertiary/aromatic N) is 5. The zero-order valence-corrected chi connectivity index (χ0v) is 14.8. The molecule has 0 bridgehead atoms. The molecule has 25 heavy (non-hydrogen) atoms. The van der Waals surface area contributed by atoms with Crippen LogP contribution in [0.4, 0.5) is 5.95 Å². The number of nitrogens with one attached hydrogen (secondary N) is 2. The molecule has 0 atom stereocenters. The van der Waals surface area contributed by atoms with E-state index in [9.17, 15) is 4.79 Å². The Hall–Kier alpha value is -2.71. The predicted octanol–water partition coefficient (Wildman–Crippen LogP) is 2.72. The van der Waals surface area contributed by atoms with Crippen LogP contribution in [0.1, 0.15) is 17.0 Å². The Morgan fingerprint density at radius 3 is 2.76 bits per heavy atom. The number of anilines is 1. The maximum Gasteiger partial charge on any atom is 0.274 e. The normalized spacial score (nSPS) is 11.2. The molecule has 0 aliphatic rings. The summed E-state index contributed by atoms with van der Waals surface area (Å²) in [6.07, 6.45) is 1.49. The quantitative estimate of drug-likeness (QED) is 0.537. The third kappa shape index (κ3) is 3.70. The van der Waals surface area contributed by atoms with Gasteiger partial charge in [0.1, 0.15) is 10.8 Å². The molecule has 0 saturated carbocycles. The highest BCUT2D eigenvalue weighted by atomic mass is 35.5. The van der Waals surface area contributed by atoms with Gasteiger partial charge in [-0.05, 0) is 32.0 Å². The first-order valence-corrected chi connectivity index (χ1v) is 7.95. The number of aryl methyl sites for hydroxylation is 2. The van der Waals surface area contributed by atoms with Gasteiger partial charge in [0.2, 0.25) is 5.95 Å². The standard InChI is InChI=1S/C15H13Cl2N7O/c1-8-12(7-18-21-15-19-14(25)9(2)20-22-15)13(17)24(23-8)11-5-3-4-10(16)6-11/h3-7H,1-2H3,(H2,19,21,22,25)/b18-7-. The minimum absolute atomic E-state index is 0.128. The Morgan fingerprint density at radius 1 is 1.24 bits per heavy atom. The fraction of sp³-hybridized carbons (Fsp3) is 0.133. The van der Waals surface area contributed by atoms with Crippen molar-refractivity contribution in [3.05, 3.63) is 61.7 Å². The first-order valence-electron chi connectivity index (χ1n) is 7.19. The summed E-state index contributed by atoms with van der Waals surface area (Å²) in [6, 6.07) is 7.18. The first kappa shape index (κ1) is 17.1. The van der Waals surface area contributed by atoms with Crippen LogP contribution in [0, 0.1) is 13.8 Å². The van der Waals surface area contributed by atoms with E-state index in [0.717, 1.165) is 5.69 Å². The third-order valence-electron chi connectivity index (χ3n) is 3.33. The number of benzene rings is 1. The van der Waals surface area contributed by atoms with Crippen molar-refractivity contribution in [1.29, 1.82) is 0 Å². The van der Waals surface area contributed by atoms with E-state index in [-0.39, 0.29) is 17.2 Å². The Labute approximate surface area is 152 Å². The van der Waals surface area contributed by atoms with Crippen LogP contribution in [0.15, 0.2) is 34.2 Å². The maximum absolute atomic E-state index is 11.5. The SMILES string of the molecule is Cc1nn(-c2cccc(Cl)c2)c(Cl)c1/C=N\Nc1nnc(C)c(=O)[nH]1. The Kier molecular flexibility index (Phi) is 4.82. The molecule has 0 unspecified atom stereocenters. The molecule has 0 fully saturated rings. The van der Waals surface area contributed by atoms with Crippen LogP contribution in [0.2, 0.25) is 10.2 Å². The minimum Gasteiger partial charge on any atom is -0.288 e. The molecule has 0 aliphatic heterocycles. The summed E-state index contributed by atoms with van der Waals surface area (Å²) in [5.41, 5.74) is 4.57. The van der Waals surface area contributed by atoms with E-state index in [1.54, 1.807) is 23.7 Å². The van der Waals surface area contributed by atoms with Crippen molar-refractivity contribution in [2.75, 3.05) is 5.43 Å².